The Bertz CT molecular complexity index is 625. The second kappa shape index (κ2) is 6.19. The molecule has 1 aromatic carbocycles. The fourth-order valence-electron chi connectivity index (χ4n) is 1.43. The molecule has 0 aliphatic rings. The van der Waals surface area contributed by atoms with Crippen LogP contribution in [0.4, 0.5) is 5.69 Å². The van der Waals surface area contributed by atoms with Gasteiger partial charge < -0.3 is 9.88 Å². The Morgan fingerprint density at radius 1 is 1.37 bits per heavy atom. The number of hydrogen-bond acceptors (Lipinski definition) is 4. The average molecular weight is 275 g/mol. The lowest BCUT2D eigenvalue weighted by Crippen LogP contribution is -2.20. The Morgan fingerprint density at radius 2 is 2.11 bits per heavy atom. The van der Waals surface area contributed by atoms with Gasteiger partial charge in [0.25, 0.3) is 5.56 Å². The van der Waals surface area contributed by atoms with E-state index in [1.165, 1.54) is 4.57 Å². The Morgan fingerprint density at radius 3 is 2.84 bits per heavy atom. The second-order valence-corrected chi connectivity index (χ2v) is 4.82. The highest BCUT2D eigenvalue weighted by Crippen LogP contribution is 2.11. The zero-order chi connectivity index (χ0) is 13.7. The van der Waals surface area contributed by atoms with Gasteiger partial charge in [-0.3, -0.25) is 9.59 Å². The Kier molecular flexibility index (Phi) is 4.35. The van der Waals surface area contributed by atoms with E-state index in [0.717, 1.165) is 17.4 Å². The summed E-state index contributed by atoms with van der Waals surface area (Å²) in [7, 11) is 1.65. The SMILES string of the molecule is Cn1ccnc(SCC(=O)Nc2ccccc2)c1=O. The summed E-state index contributed by atoms with van der Waals surface area (Å²) in [4.78, 5) is 27.4. The number of nitrogens with one attached hydrogen (secondary N) is 1. The van der Waals surface area contributed by atoms with Crippen LogP contribution < -0.4 is 10.9 Å². The molecule has 19 heavy (non-hydrogen) atoms. The molecular weight excluding hydrogens is 262 g/mol. The van der Waals surface area contributed by atoms with Crippen LogP contribution in [0.15, 0.2) is 52.5 Å². The summed E-state index contributed by atoms with van der Waals surface area (Å²) in [5.41, 5.74) is 0.544. The summed E-state index contributed by atoms with van der Waals surface area (Å²) in [6.45, 7) is 0. The van der Waals surface area contributed by atoms with E-state index >= 15 is 0 Å². The van der Waals surface area contributed by atoms with Gasteiger partial charge in [-0.15, -0.1) is 0 Å². The third kappa shape index (κ3) is 3.69. The molecule has 5 nitrogen and oxygen atoms in total. The minimum atomic E-state index is -0.194. The van der Waals surface area contributed by atoms with E-state index in [2.05, 4.69) is 10.3 Å². The number of aryl methyl sites for hydroxylation is 1. The zero-order valence-electron chi connectivity index (χ0n) is 10.4. The van der Waals surface area contributed by atoms with E-state index in [4.69, 9.17) is 0 Å². The van der Waals surface area contributed by atoms with Gasteiger partial charge in [0, 0.05) is 25.1 Å². The zero-order valence-corrected chi connectivity index (χ0v) is 11.2. The first-order chi connectivity index (χ1) is 9.16. The fraction of sp³-hybridized carbons (Fsp3) is 0.154. The highest BCUT2D eigenvalue weighted by molar-refractivity contribution is 7.99. The molecule has 0 bridgehead atoms. The summed E-state index contributed by atoms with van der Waals surface area (Å²) >= 11 is 1.13. The molecule has 98 valence electrons. The molecule has 0 saturated carbocycles. The standard InChI is InChI=1S/C13H13N3O2S/c1-16-8-7-14-12(13(16)18)19-9-11(17)15-10-5-3-2-4-6-10/h2-8H,9H2,1H3,(H,15,17). The largest absolute Gasteiger partial charge is 0.325 e. The number of carbonyl (C=O) groups is 1. The first-order valence-electron chi connectivity index (χ1n) is 5.66. The molecule has 6 heteroatoms. The molecule has 0 aliphatic heterocycles. The maximum Gasteiger partial charge on any atom is 0.282 e. The summed E-state index contributed by atoms with van der Waals surface area (Å²) in [6.07, 6.45) is 3.12. The molecule has 0 spiro atoms. The van der Waals surface area contributed by atoms with Crippen molar-refractivity contribution in [2.24, 2.45) is 7.05 Å². The molecule has 0 atom stereocenters. The molecule has 0 aliphatic carbocycles. The van der Waals surface area contributed by atoms with Gasteiger partial charge in [0.2, 0.25) is 5.91 Å². The van der Waals surface area contributed by atoms with Crippen LogP contribution in [0, 0.1) is 0 Å². The van der Waals surface area contributed by atoms with E-state index < -0.39 is 0 Å². The van der Waals surface area contributed by atoms with Crippen LogP contribution in [0.25, 0.3) is 0 Å². The molecule has 2 rings (SSSR count). The van der Waals surface area contributed by atoms with Crippen molar-refractivity contribution in [2.75, 3.05) is 11.1 Å². The number of para-hydroxylation sites is 1. The number of aromatic nitrogens is 2. The third-order valence-corrected chi connectivity index (χ3v) is 3.34. The lowest BCUT2D eigenvalue weighted by molar-refractivity contribution is -0.113. The molecule has 0 fully saturated rings. The number of hydrogen-bond donors (Lipinski definition) is 1. The predicted molar refractivity (Wildman–Crippen MR) is 75.3 cm³/mol. The normalized spacial score (nSPS) is 10.2. The average Bonchev–Trinajstić information content (AvgIpc) is 2.42. The van der Waals surface area contributed by atoms with Crippen LogP contribution in [0.2, 0.25) is 0 Å². The van der Waals surface area contributed by atoms with Gasteiger partial charge in [-0.25, -0.2) is 4.98 Å². The van der Waals surface area contributed by atoms with Gasteiger partial charge in [-0.2, -0.15) is 0 Å². The van der Waals surface area contributed by atoms with E-state index in [0.29, 0.717) is 5.03 Å². The first-order valence-corrected chi connectivity index (χ1v) is 6.65. The fourth-order valence-corrected chi connectivity index (χ4v) is 2.17. The molecular formula is C13H13N3O2S. The predicted octanol–water partition coefficient (Wildman–Crippen LogP) is 1.51. The van der Waals surface area contributed by atoms with E-state index in [1.54, 1.807) is 19.4 Å². The number of rotatable bonds is 4. The minimum absolute atomic E-state index is 0.154. The van der Waals surface area contributed by atoms with Gasteiger partial charge in [0.05, 0.1) is 5.75 Å². The number of anilines is 1. The number of amides is 1. The van der Waals surface area contributed by atoms with Gasteiger partial charge in [-0.1, -0.05) is 30.0 Å². The van der Waals surface area contributed by atoms with Crippen molar-refractivity contribution >= 4 is 23.4 Å². The molecule has 1 N–H and O–H groups in total. The lowest BCUT2D eigenvalue weighted by atomic mass is 10.3. The molecule has 1 amide bonds. The van der Waals surface area contributed by atoms with E-state index in [-0.39, 0.29) is 17.2 Å². The highest BCUT2D eigenvalue weighted by atomic mass is 32.2. The van der Waals surface area contributed by atoms with Crippen LogP contribution in [-0.4, -0.2) is 21.2 Å². The molecule has 2 aromatic rings. The minimum Gasteiger partial charge on any atom is -0.325 e. The van der Waals surface area contributed by atoms with Crippen molar-refractivity contribution in [3.8, 4) is 0 Å². The smallest absolute Gasteiger partial charge is 0.282 e. The monoisotopic (exact) mass is 275 g/mol. The molecule has 1 aromatic heterocycles. The Hall–Kier alpha value is -2.08. The Labute approximate surface area is 114 Å². The molecule has 1 heterocycles. The third-order valence-electron chi connectivity index (χ3n) is 2.38. The van der Waals surface area contributed by atoms with Crippen molar-refractivity contribution in [2.45, 2.75) is 5.03 Å². The highest BCUT2D eigenvalue weighted by Gasteiger charge is 2.07. The van der Waals surface area contributed by atoms with Crippen molar-refractivity contribution < 1.29 is 4.79 Å². The van der Waals surface area contributed by atoms with Crippen molar-refractivity contribution in [1.29, 1.82) is 0 Å². The van der Waals surface area contributed by atoms with Crippen LogP contribution in [0.5, 0.6) is 0 Å². The summed E-state index contributed by atoms with van der Waals surface area (Å²) in [5.74, 6) is -0.00913. The van der Waals surface area contributed by atoms with Crippen molar-refractivity contribution in [3.63, 3.8) is 0 Å². The molecule has 0 unspecified atom stereocenters. The maximum atomic E-state index is 11.7. The van der Waals surface area contributed by atoms with Gasteiger partial charge >= 0.3 is 0 Å². The van der Waals surface area contributed by atoms with Gasteiger partial charge in [-0.05, 0) is 12.1 Å². The lowest BCUT2D eigenvalue weighted by Gasteiger charge is -2.04. The van der Waals surface area contributed by atoms with Crippen LogP contribution >= 0.6 is 11.8 Å². The van der Waals surface area contributed by atoms with Crippen LogP contribution in [0.3, 0.4) is 0 Å². The summed E-state index contributed by atoms with van der Waals surface area (Å²) in [5, 5.41) is 3.08. The first kappa shape index (κ1) is 13.4. The number of carbonyl (C=O) groups excluding carboxylic acids is 1. The van der Waals surface area contributed by atoms with Crippen LogP contribution in [0.1, 0.15) is 0 Å². The quantitative estimate of drug-likeness (QED) is 0.859. The number of thioether (sulfide) groups is 1. The van der Waals surface area contributed by atoms with Gasteiger partial charge in [0.1, 0.15) is 0 Å². The topological polar surface area (TPSA) is 64.0 Å². The maximum absolute atomic E-state index is 11.7. The summed E-state index contributed by atoms with van der Waals surface area (Å²) < 4.78 is 1.43. The van der Waals surface area contributed by atoms with Crippen LogP contribution in [-0.2, 0) is 11.8 Å². The molecule has 0 radical (unpaired) electrons. The summed E-state index contributed by atoms with van der Waals surface area (Å²) in [6, 6.07) is 9.18. The number of nitrogens with zero attached hydrogens (tertiary/aromatic N) is 2. The van der Waals surface area contributed by atoms with E-state index in [9.17, 15) is 9.59 Å². The van der Waals surface area contributed by atoms with Gasteiger partial charge in [0.15, 0.2) is 5.03 Å². The molecule has 0 saturated heterocycles. The van der Waals surface area contributed by atoms with Crippen molar-refractivity contribution in [3.05, 3.63) is 53.1 Å². The van der Waals surface area contributed by atoms with E-state index in [1.807, 2.05) is 30.3 Å². The van der Waals surface area contributed by atoms with Crippen molar-refractivity contribution in [1.82, 2.24) is 9.55 Å². The second-order valence-electron chi connectivity index (χ2n) is 3.85. The Balaban J connectivity index is 1.94. The number of benzene rings is 1.